The fourth-order valence-corrected chi connectivity index (χ4v) is 2.07. The molecule has 2 aromatic rings. The SMILES string of the molecule is Cn1ncc2c(NCC3COCCN3)ncnc21. The molecule has 1 aliphatic rings. The Morgan fingerprint density at radius 1 is 1.56 bits per heavy atom. The Balaban J connectivity index is 1.74. The van der Waals surface area contributed by atoms with Gasteiger partial charge in [-0.15, -0.1) is 0 Å². The lowest BCUT2D eigenvalue weighted by Crippen LogP contribution is -2.45. The van der Waals surface area contributed by atoms with Crippen LogP contribution in [-0.2, 0) is 11.8 Å². The van der Waals surface area contributed by atoms with Crippen LogP contribution in [0.1, 0.15) is 0 Å². The summed E-state index contributed by atoms with van der Waals surface area (Å²) in [6, 6.07) is 0.320. The number of rotatable bonds is 3. The Bertz CT molecular complexity index is 533. The van der Waals surface area contributed by atoms with Gasteiger partial charge in [0.1, 0.15) is 12.1 Å². The van der Waals surface area contributed by atoms with Crippen molar-refractivity contribution in [3.8, 4) is 0 Å². The molecular weight excluding hydrogens is 232 g/mol. The summed E-state index contributed by atoms with van der Waals surface area (Å²) >= 11 is 0. The van der Waals surface area contributed by atoms with E-state index in [1.54, 1.807) is 17.2 Å². The van der Waals surface area contributed by atoms with Crippen molar-refractivity contribution in [1.29, 1.82) is 0 Å². The zero-order valence-corrected chi connectivity index (χ0v) is 10.3. The number of nitrogens with zero attached hydrogens (tertiary/aromatic N) is 4. The second-order valence-corrected chi connectivity index (χ2v) is 4.33. The number of fused-ring (bicyclic) bond motifs is 1. The van der Waals surface area contributed by atoms with Crippen LogP contribution in [0.2, 0.25) is 0 Å². The molecule has 0 amide bonds. The Morgan fingerprint density at radius 3 is 3.33 bits per heavy atom. The number of hydrogen-bond acceptors (Lipinski definition) is 6. The summed E-state index contributed by atoms with van der Waals surface area (Å²) in [4.78, 5) is 8.47. The van der Waals surface area contributed by atoms with Crippen LogP contribution in [0.15, 0.2) is 12.5 Å². The van der Waals surface area contributed by atoms with Crippen LogP contribution in [0.25, 0.3) is 11.0 Å². The van der Waals surface area contributed by atoms with Crippen LogP contribution in [0.4, 0.5) is 5.82 Å². The van der Waals surface area contributed by atoms with Crippen LogP contribution in [-0.4, -0.2) is 52.1 Å². The molecule has 1 saturated heterocycles. The predicted molar refractivity (Wildman–Crippen MR) is 67.4 cm³/mol. The van der Waals surface area contributed by atoms with Crippen molar-refractivity contribution >= 4 is 16.9 Å². The number of ether oxygens (including phenoxy) is 1. The summed E-state index contributed by atoms with van der Waals surface area (Å²) in [5, 5.41) is 11.8. The Morgan fingerprint density at radius 2 is 2.50 bits per heavy atom. The van der Waals surface area contributed by atoms with Gasteiger partial charge in [0.2, 0.25) is 0 Å². The molecule has 0 bridgehead atoms. The van der Waals surface area contributed by atoms with E-state index in [2.05, 4.69) is 25.7 Å². The highest BCUT2D eigenvalue weighted by atomic mass is 16.5. The van der Waals surface area contributed by atoms with E-state index < -0.39 is 0 Å². The molecule has 96 valence electrons. The predicted octanol–water partition coefficient (Wildman–Crippen LogP) is -0.236. The number of aryl methyl sites for hydroxylation is 1. The van der Waals surface area contributed by atoms with Gasteiger partial charge in [-0.3, -0.25) is 4.68 Å². The Labute approximate surface area is 105 Å². The highest BCUT2D eigenvalue weighted by Gasteiger charge is 2.14. The third-order valence-corrected chi connectivity index (χ3v) is 3.04. The molecular formula is C11H16N6O. The minimum Gasteiger partial charge on any atom is -0.378 e. The smallest absolute Gasteiger partial charge is 0.163 e. The lowest BCUT2D eigenvalue weighted by molar-refractivity contribution is 0.0806. The Hall–Kier alpha value is -1.73. The van der Waals surface area contributed by atoms with E-state index >= 15 is 0 Å². The maximum absolute atomic E-state index is 5.41. The van der Waals surface area contributed by atoms with E-state index in [1.165, 1.54) is 0 Å². The lowest BCUT2D eigenvalue weighted by Gasteiger charge is -2.24. The van der Waals surface area contributed by atoms with Gasteiger partial charge in [-0.05, 0) is 0 Å². The molecule has 3 heterocycles. The molecule has 7 heteroatoms. The van der Waals surface area contributed by atoms with Crippen LogP contribution >= 0.6 is 0 Å². The molecule has 18 heavy (non-hydrogen) atoms. The first-order valence-electron chi connectivity index (χ1n) is 6.02. The highest BCUT2D eigenvalue weighted by molar-refractivity contribution is 5.85. The number of hydrogen-bond donors (Lipinski definition) is 2. The molecule has 1 atom stereocenters. The molecule has 3 rings (SSSR count). The molecule has 0 saturated carbocycles. The van der Waals surface area contributed by atoms with Crippen LogP contribution in [0, 0.1) is 0 Å². The van der Waals surface area contributed by atoms with Crippen molar-refractivity contribution in [2.75, 3.05) is 31.6 Å². The molecule has 1 aliphatic heterocycles. The summed E-state index contributed by atoms with van der Waals surface area (Å²) in [7, 11) is 1.87. The first-order chi connectivity index (χ1) is 8.84. The van der Waals surface area contributed by atoms with Crippen molar-refractivity contribution in [2.24, 2.45) is 7.05 Å². The maximum atomic E-state index is 5.41. The number of morpholine rings is 1. The van der Waals surface area contributed by atoms with Gasteiger partial charge in [-0.1, -0.05) is 0 Å². The topological polar surface area (TPSA) is 76.9 Å². The number of anilines is 1. The van der Waals surface area contributed by atoms with E-state index in [0.717, 1.165) is 43.2 Å². The first-order valence-corrected chi connectivity index (χ1v) is 6.02. The average molecular weight is 248 g/mol. The summed E-state index contributed by atoms with van der Waals surface area (Å²) in [6.07, 6.45) is 3.33. The second-order valence-electron chi connectivity index (χ2n) is 4.33. The van der Waals surface area contributed by atoms with Crippen molar-refractivity contribution in [3.63, 3.8) is 0 Å². The fourth-order valence-electron chi connectivity index (χ4n) is 2.07. The number of nitrogens with one attached hydrogen (secondary N) is 2. The van der Waals surface area contributed by atoms with Crippen molar-refractivity contribution in [3.05, 3.63) is 12.5 Å². The largest absolute Gasteiger partial charge is 0.378 e. The summed E-state index contributed by atoms with van der Waals surface area (Å²) in [6.45, 7) is 3.20. The van der Waals surface area contributed by atoms with Gasteiger partial charge in [0.05, 0.1) is 24.8 Å². The highest BCUT2D eigenvalue weighted by Crippen LogP contribution is 2.17. The molecule has 7 nitrogen and oxygen atoms in total. The van der Waals surface area contributed by atoms with Crippen LogP contribution in [0.5, 0.6) is 0 Å². The molecule has 1 fully saturated rings. The van der Waals surface area contributed by atoms with Gasteiger partial charge in [0.15, 0.2) is 5.65 Å². The van der Waals surface area contributed by atoms with Crippen molar-refractivity contribution in [1.82, 2.24) is 25.1 Å². The summed E-state index contributed by atoms with van der Waals surface area (Å²) < 4.78 is 7.15. The van der Waals surface area contributed by atoms with E-state index in [0.29, 0.717) is 6.04 Å². The second kappa shape index (κ2) is 4.87. The van der Waals surface area contributed by atoms with Crippen molar-refractivity contribution < 1.29 is 4.74 Å². The molecule has 0 aliphatic carbocycles. The van der Waals surface area contributed by atoms with Gasteiger partial charge in [0, 0.05) is 26.2 Å². The first kappa shape index (κ1) is 11.4. The molecule has 2 aromatic heterocycles. The molecule has 0 aromatic carbocycles. The fraction of sp³-hybridized carbons (Fsp3) is 0.545. The average Bonchev–Trinajstić information content (AvgIpc) is 2.80. The van der Waals surface area contributed by atoms with Gasteiger partial charge in [0.25, 0.3) is 0 Å². The quantitative estimate of drug-likeness (QED) is 0.781. The van der Waals surface area contributed by atoms with Crippen LogP contribution in [0.3, 0.4) is 0 Å². The lowest BCUT2D eigenvalue weighted by atomic mass is 10.2. The minimum atomic E-state index is 0.320. The van der Waals surface area contributed by atoms with Gasteiger partial charge in [-0.25, -0.2) is 9.97 Å². The van der Waals surface area contributed by atoms with Crippen LogP contribution < -0.4 is 10.6 Å². The van der Waals surface area contributed by atoms with Gasteiger partial charge in [-0.2, -0.15) is 5.10 Å². The normalized spacial score (nSPS) is 20.2. The van der Waals surface area contributed by atoms with E-state index in [-0.39, 0.29) is 0 Å². The number of aromatic nitrogens is 4. The molecule has 0 radical (unpaired) electrons. The maximum Gasteiger partial charge on any atom is 0.163 e. The zero-order chi connectivity index (χ0) is 12.4. The zero-order valence-electron chi connectivity index (χ0n) is 10.3. The monoisotopic (exact) mass is 248 g/mol. The van der Waals surface area contributed by atoms with E-state index in [4.69, 9.17) is 4.74 Å². The standard InChI is InChI=1S/C11H16N6O/c1-17-11-9(5-16-17)10(14-7-15-11)13-4-8-6-18-3-2-12-8/h5,7-8,12H,2-4,6H2,1H3,(H,13,14,15). The third-order valence-electron chi connectivity index (χ3n) is 3.04. The molecule has 0 spiro atoms. The van der Waals surface area contributed by atoms with Gasteiger partial charge < -0.3 is 15.4 Å². The minimum absolute atomic E-state index is 0.320. The summed E-state index contributed by atoms with van der Waals surface area (Å²) in [5.74, 6) is 0.820. The molecule has 1 unspecified atom stereocenters. The van der Waals surface area contributed by atoms with E-state index in [9.17, 15) is 0 Å². The van der Waals surface area contributed by atoms with Gasteiger partial charge >= 0.3 is 0 Å². The van der Waals surface area contributed by atoms with Crippen molar-refractivity contribution in [2.45, 2.75) is 6.04 Å². The van der Waals surface area contributed by atoms with E-state index in [1.807, 2.05) is 7.05 Å². The third kappa shape index (κ3) is 2.14. The summed E-state index contributed by atoms with van der Waals surface area (Å²) in [5.41, 5.74) is 0.834. The molecule has 2 N–H and O–H groups in total. The Kier molecular flexibility index (Phi) is 3.07.